The lowest BCUT2D eigenvalue weighted by atomic mass is 9.39. The van der Waals surface area contributed by atoms with Crippen LogP contribution in [-0.4, -0.2) is 16.3 Å². The normalized spacial score (nSPS) is 13.0. The Labute approximate surface area is 384 Å². The summed E-state index contributed by atoms with van der Waals surface area (Å²) in [6.45, 7) is 18.3. The van der Waals surface area contributed by atoms with Crippen molar-refractivity contribution in [2.45, 2.75) is 72.1 Å². The van der Waals surface area contributed by atoms with Gasteiger partial charge in [0, 0.05) is 39.8 Å². The highest BCUT2D eigenvalue weighted by atomic mass is 15.2. The number of benzene rings is 8. The molecule has 1 aromatic heterocycles. The summed E-state index contributed by atoms with van der Waals surface area (Å²) in [6.07, 6.45) is 0. The van der Waals surface area contributed by atoms with E-state index in [-0.39, 0.29) is 17.5 Å². The van der Waals surface area contributed by atoms with Gasteiger partial charge in [0.05, 0.1) is 16.8 Å². The zero-order valence-corrected chi connectivity index (χ0v) is 38.8. The molecule has 0 radical (unpaired) electrons. The Morgan fingerprint density at radius 1 is 0.492 bits per heavy atom. The van der Waals surface area contributed by atoms with Gasteiger partial charge < -0.3 is 14.4 Å². The smallest absolute Gasteiger partial charge is 0.294 e. The van der Waals surface area contributed by atoms with E-state index in [1.807, 2.05) is 0 Å². The highest BCUT2D eigenvalue weighted by Crippen LogP contribution is 2.45. The van der Waals surface area contributed by atoms with Crippen molar-refractivity contribution in [3.63, 3.8) is 0 Å². The van der Waals surface area contributed by atoms with E-state index in [1.165, 1.54) is 61.2 Å². The van der Waals surface area contributed by atoms with Crippen LogP contribution < -0.4 is 26.4 Å². The van der Waals surface area contributed by atoms with Gasteiger partial charge in [-0.25, -0.2) is 4.98 Å². The Morgan fingerprint density at radius 3 is 1.66 bits per heavy atom. The maximum atomic E-state index is 5.59. The van der Waals surface area contributed by atoms with E-state index in [4.69, 9.17) is 4.98 Å². The summed E-state index contributed by atoms with van der Waals surface area (Å²) < 4.78 is 2.46. The van der Waals surface area contributed by atoms with Crippen LogP contribution in [0.2, 0.25) is 0 Å². The summed E-state index contributed by atoms with van der Waals surface area (Å²) in [7, 11) is 0. The van der Waals surface area contributed by atoms with Crippen molar-refractivity contribution < 1.29 is 0 Å². The largest absolute Gasteiger partial charge is 0.311 e. The van der Waals surface area contributed by atoms with Crippen LogP contribution in [-0.2, 0) is 10.8 Å². The predicted molar refractivity (Wildman–Crippen MR) is 277 cm³/mol. The lowest BCUT2D eigenvalue weighted by Crippen LogP contribution is -2.55. The molecule has 0 spiro atoms. The van der Waals surface area contributed by atoms with Gasteiger partial charge in [-0.15, -0.1) is 0 Å². The molecule has 0 unspecified atom stereocenters. The summed E-state index contributed by atoms with van der Waals surface area (Å²) in [5, 5.41) is 0. The summed E-state index contributed by atoms with van der Waals surface area (Å²) in [5.74, 6) is 0.442. The second-order valence-corrected chi connectivity index (χ2v) is 20.4. The quantitative estimate of drug-likeness (QED) is 0.149. The molecule has 9 aromatic rings. The summed E-state index contributed by atoms with van der Waals surface area (Å²) in [5.41, 5.74) is 22.5. The predicted octanol–water partition coefficient (Wildman–Crippen LogP) is 14.2. The van der Waals surface area contributed by atoms with Crippen molar-refractivity contribution in [3.8, 4) is 27.9 Å². The number of anilines is 6. The third kappa shape index (κ3) is 6.96. The molecule has 65 heavy (non-hydrogen) atoms. The number of nitrogens with zero attached hydrogens (tertiary/aromatic N) is 4. The van der Waals surface area contributed by atoms with Crippen LogP contribution in [0, 0.1) is 0 Å². The Kier molecular flexibility index (Phi) is 9.55. The minimum Gasteiger partial charge on any atom is -0.311 e. The first kappa shape index (κ1) is 40.7. The third-order valence-corrected chi connectivity index (χ3v) is 13.7. The van der Waals surface area contributed by atoms with Crippen LogP contribution in [0.3, 0.4) is 0 Å². The van der Waals surface area contributed by atoms with Crippen molar-refractivity contribution in [3.05, 3.63) is 199 Å². The zero-order chi connectivity index (χ0) is 44.8. The molecular formula is C60H55BN4. The maximum Gasteiger partial charge on any atom is 0.294 e. The molecule has 0 atom stereocenters. The Morgan fingerprint density at radius 2 is 1.05 bits per heavy atom. The minimum atomic E-state index is -0.107. The number of imidazole rings is 1. The molecule has 0 aliphatic carbocycles. The molecule has 4 nitrogen and oxygen atoms in total. The SMILES string of the molecule is CC(C)c1ccc(N(c2ccc(C(C)(C)C)cc2)c2ccc3c(c2)N(c2ccc(-c4ccccc4)cc2)c2cc(C(C)(C)C)cc4c2B3c2nc3cc(-c5ccccc5)ccc3n2-4)cc1. The highest BCUT2D eigenvalue weighted by Gasteiger charge is 2.46. The maximum absolute atomic E-state index is 5.59. The van der Waals surface area contributed by atoms with Crippen LogP contribution in [0.5, 0.6) is 0 Å². The van der Waals surface area contributed by atoms with Crippen LogP contribution >= 0.6 is 0 Å². The summed E-state index contributed by atoms with van der Waals surface area (Å²) in [6, 6.07) is 67.6. The molecule has 2 aliphatic rings. The first-order chi connectivity index (χ1) is 31.3. The first-order valence-electron chi connectivity index (χ1n) is 23.2. The van der Waals surface area contributed by atoms with E-state index in [2.05, 4.69) is 252 Å². The molecule has 318 valence electrons. The van der Waals surface area contributed by atoms with E-state index in [9.17, 15) is 0 Å². The number of fused-ring (bicyclic) bond motifs is 7. The Balaban J connectivity index is 1.16. The third-order valence-electron chi connectivity index (χ3n) is 13.7. The van der Waals surface area contributed by atoms with Crippen molar-refractivity contribution >= 4 is 68.5 Å². The number of aromatic nitrogens is 2. The molecule has 8 aromatic carbocycles. The highest BCUT2D eigenvalue weighted by molar-refractivity contribution is 6.99. The van der Waals surface area contributed by atoms with Gasteiger partial charge >= 0.3 is 0 Å². The van der Waals surface area contributed by atoms with Crippen LogP contribution in [0.4, 0.5) is 34.1 Å². The zero-order valence-electron chi connectivity index (χ0n) is 38.8. The average molecular weight is 843 g/mol. The van der Waals surface area contributed by atoms with Gasteiger partial charge in [0.25, 0.3) is 6.71 Å². The standard InChI is InChI=1S/C60H55BN4/c1-39(2)40-19-26-47(27-20-40)63(48-30-24-45(25-31-48)59(3,4)5)50-32-33-51-54(38-50)64(49-28-21-43(22-29-49)41-15-11-9-12-16-41)55-36-46(60(6,7)8)37-56-57(55)61(51)58-62-52-35-44(23-34-53(52)65(56)58)42-17-13-10-14-18-42/h9-39H,1-8H3. The number of rotatable bonds is 7. The first-order valence-corrected chi connectivity index (χ1v) is 23.2. The summed E-state index contributed by atoms with van der Waals surface area (Å²) >= 11 is 0. The fourth-order valence-corrected chi connectivity index (χ4v) is 10.0. The van der Waals surface area contributed by atoms with Gasteiger partial charge in [0.15, 0.2) is 0 Å². The molecule has 5 heteroatoms. The molecule has 2 aliphatic heterocycles. The molecule has 0 bridgehead atoms. The summed E-state index contributed by atoms with van der Waals surface area (Å²) in [4.78, 5) is 10.5. The Bertz CT molecular complexity index is 3230. The number of hydrogen-bond donors (Lipinski definition) is 0. The molecule has 0 N–H and O–H groups in total. The van der Waals surface area contributed by atoms with Gasteiger partial charge in [-0.2, -0.15) is 0 Å². The molecule has 11 rings (SSSR count). The van der Waals surface area contributed by atoms with E-state index in [0.29, 0.717) is 5.92 Å². The molecule has 3 heterocycles. The second-order valence-electron chi connectivity index (χ2n) is 20.4. The lowest BCUT2D eigenvalue weighted by molar-refractivity contribution is 0.590. The van der Waals surface area contributed by atoms with E-state index >= 15 is 0 Å². The fraction of sp³-hybridized carbons (Fsp3) is 0.183. The van der Waals surface area contributed by atoms with Gasteiger partial charge in [0.2, 0.25) is 0 Å². The number of hydrogen-bond acceptors (Lipinski definition) is 3. The molecule has 0 saturated heterocycles. The van der Waals surface area contributed by atoms with Gasteiger partial charge in [-0.3, -0.25) is 0 Å². The second kappa shape index (κ2) is 15.3. The monoisotopic (exact) mass is 842 g/mol. The van der Waals surface area contributed by atoms with E-state index < -0.39 is 0 Å². The van der Waals surface area contributed by atoms with Gasteiger partial charge in [-0.05, 0) is 139 Å². The van der Waals surface area contributed by atoms with Crippen molar-refractivity contribution in [2.75, 3.05) is 9.80 Å². The van der Waals surface area contributed by atoms with Crippen LogP contribution in [0.15, 0.2) is 182 Å². The average Bonchev–Trinajstić information content (AvgIpc) is 3.85. The molecule has 0 fully saturated rings. The lowest BCUT2D eigenvalue weighted by Gasteiger charge is -2.37. The van der Waals surface area contributed by atoms with Gasteiger partial charge in [-0.1, -0.05) is 165 Å². The molecular weight excluding hydrogens is 787 g/mol. The van der Waals surface area contributed by atoms with Crippen molar-refractivity contribution in [1.29, 1.82) is 0 Å². The van der Waals surface area contributed by atoms with Crippen molar-refractivity contribution in [1.82, 2.24) is 9.55 Å². The van der Waals surface area contributed by atoms with Gasteiger partial charge in [0.1, 0.15) is 0 Å². The van der Waals surface area contributed by atoms with Crippen molar-refractivity contribution in [2.24, 2.45) is 0 Å². The molecule has 0 saturated carbocycles. The van der Waals surface area contributed by atoms with Crippen LogP contribution in [0.1, 0.15) is 78.0 Å². The van der Waals surface area contributed by atoms with E-state index in [1.54, 1.807) is 0 Å². The fourth-order valence-electron chi connectivity index (χ4n) is 10.0. The Hall–Kier alpha value is -7.11. The molecule has 0 amide bonds. The minimum absolute atomic E-state index is 0.0453. The van der Waals surface area contributed by atoms with E-state index in [0.717, 1.165) is 45.2 Å². The van der Waals surface area contributed by atoms with Crippen LogP contribution in [0.25, 0.3) is 39.0 Å². The topological polar surface area (TPSA) is 24.3 Å².